The van der Waals surface area contributed by atoms with Crippen LogP contribution in [-0.2, 0) is 0 Å². The molecule has 0 aliphatic carbocycles. The molecule has 57 heavy (non-hydrogen) atoms. The van der Waals surface area contributed by atoms with Gasteiger partial charge in [0.05, 0.1) is 39.6 Å². The molecule has 0 aliphatic heterocycles. The van der Waals surface area contributed by atoms with Crippen LogP contribution in [0.25, 0.3) is 32.3 Å². The molecular weight excluding hydrogens is 709 g/mol. The van der Waals surface area contributed by atoms with E-state index >= 15 is 0 Å². The molecular formula is C51H78O6. The van der Waals surface area contributed by atoms with Gasteiger partial charge in [-0.2, -0.15) is 0 Å². The van der Waals surface area contributed by atoms with Gasteiger partial charge in [0, 0.05) is 0 Å². The van der Waals surface area contributed by atoms with Gasteiger partial charge in [-0.3, -0.25) is 0 Å². The van der Waals surface area contributed by atoms with Gasteiger partial charge in [0.1, 0.15) is 0 Å². The maximum Gasteiger partial charge on any atom is 0.161 e. The van der Waals surface area contributed by atoms with Crippen molar-refractivity contribution in [3.05, 3.63) is 36.4 Å². The highest BCUT2D eigenvalue weighted by molar-refractivity contribution is 6.26. The van der Waals surface area contributed by atoms with Crippen LogP contribution in [0.4, 0.5) is 0 Å². The Labute approximate surface area is 346 Å². The third-order valence-electron chi connectivity index (χ3n) is 10.9. The predicted molar refractivity (Wildman–Crippen MR) is 243 cm³/mol. The molecule has 4 aromatic carbocycles. The molecule has 0 radical (unpaired) electrons. The minimum Gasteiger partial charge on any atom is -0.490 e. The van der Waals surface area contributed by atoms with Crippen LogP contribution < -0.4 is 28.4 Å². The maximum absolute atomic E-state index is 6.61. The van der Waals surface area contributed by atoms with E-state index in [0.29, 0.717) is 39.6 Å². The average Bonchev–Trinajstić information content (AvgIpc) is 3.22. The van der Waals surface area contributed by atoms with Gasteiger partial charge in [0.15, 0.2) is 34.5 Å². The summed E-state index contributed by atoms with van der Waals surface area (Å²) in [5.74, 6) is 4.84. The summed E-state index contributed by atoms with van der Waals surface area (Å²) in [7, 11) is 0. The first-order valence-electron chi connectivity index (χ1n) is 23.4. The largest absolute Gasteiger partial charge is 0.490 e. The lowest BCUT2D eigenvalue weighted by atomic mass is 9.93. The number of ether oxygens (including phenoxy) is 6. The number of hydrogen-bond donors (Lipinski definition) is 0. The molecule has 0 heterocycles. The summed E-state index contributed by atoms with van der Waals surface area (Å²) in [6.07, 6.45) is 23.7. The summed E-state index contributed by atoms with van der Waals surface area (Å²) in [6, 6.07) is 13.3. The minimum absolute atomic E-state index is 0.660. The lowest BCUT2D eigenvalue weighted by molar-refractivity contribution is 0.259. The van der Waals surface area contributed by atoms with Gasteiger partial charge in [-0.25, -0.2) is 0 Å². The molecule has 318 valence electrons. The first-order chi connectivity index (χ1) is 28.1. The van der Waals surface area contributed by atoms with Gasteiger partial charge in [0.25, 0.3) is 0 Å². The first kappa shape index (κ1) is 46.2. The van der Waals surface area contributed by atoms with E-state index in [1.54, 1.807) is 0 Å². The normalized spacial score (nSPS) is 11.5. The second-order valence-electron chi connectivity index (χ2n) is 15.9. The Bertz CT molecular complexity index is 1480. The van der Waals surface area contributed by atoms with Crippen LogP contribution >= 0.6 is 0 Å². The highest BCUT2D eigenvalue weighted by atomic mass is 16.5. The first-order valence-corrected chi connectivity index (χ1v) is 23.4. The molecule has 4 aromatic rings. The van der Waals surface area contributed by atoms with Gasteiger partial charge < -0.3 is 28.4 Å². The summed E-state index contributed by atoms with van der Waals surface area (Å²) in [5.41, 5.74) is 0. The standard InChI is InChI=1S/C51H78O6/c1-7-13-19-25-31-55-49-37-43-40(34-46(49)52-28-22-16-10-4)44-38-50(56-32-26-20-14-8-2)48(54-30-24-18-12-6)36-42(44)45-39-51(57-33-27-21-15-9-3)47(35-41(43)45)53-29-23-17-11-5/h34-39H,7-33H2,1-6H3. The summed E-state index contributed by atoms with van der Waals surface area (Å²) < 4.78 is 39.6. The van der Waals surface area contributed by atoms with E-state index in [-0.39, 0.29) is 0 Å². The van der Waals surface area contributed by atoms with E-state index in [1.165, 1.54) is 38.5 Å². The molecule has 0 spiro atoms. The second kappa shape index (κ2) is 27.2. The molecule has 0 saturated heterocycles. The van der Waals surface area contributed by atoms with E-state index < -0.39 is 0 Å². The van der Waals surface area contributed by atoms with E-state index in [0.717, 1.165) is 163 Å². The summed E-state index contributed by atoms with van der Waals surface area (Å²) >= 11 is 0. The van der Waals surface area contributed by atoms with Gasteiger partial charge in [-0.05, 0) is 107 Å². The van der Waals surface area contributed by atoms with Gasteiger partial charge in [-0.1, -0.05) is 138 Å². The molecule has 0 saturated carbocycles. The number of fused-ring (bicyclic) bond motifs is 6. The van der Waals surface area contributed by atoms with Gasteiger partial charge in [0.2, 0.25) is 0 Å². The Hall–Kier alpha value is -3.54. The smallest absolute Gasteiger partial charge is 0.161 e. The van der Waals surface area contributed by atoms with Crippen molar-refractivity contribution in [1.29, 1.82) is 0 Å². The molecule has 4 rings (SSSR count). The molecule has 0 atom stereocenters. The average molecular weight is 787 g/mol. The quantitative estimate of drug-likeness (QED) is 0.0354. The summed E-state index contributed by atoms with van der Waals surface area (Å²) in [5, 5.41) is 6.67. The van der Waals surface area contributed by atoms with Crippen LogP contribution in [0.3, 0.4) is 0 Å². The zero-order chi connectivity index (χ0) is 40.5. The Balaban J connectivity index is 1.97. The van der Waals surface area contributed by atoms with Crippen molar-refractivity contribution >= 4 is 32.3 Å². The van der Waals surface area contributed by atoms with Crippen molar-refractivity contribution in [2.45, 2.75) is 176 Å². The van der Waals surface area contributed by atoms with Gasteiger partial charge in [-0.15, -0.1) is 0 Å². The molecule has 0 unspecified atom stereocenters. The van der Waals surface area contributed by atoms with Crippen LogP contribution in [0.5, 0.6) is 34.5 Å². The van der Waals surface area contributed by atoms with E-state index in [1.807, 2.05) is 0 Å². The van der Waals surface area contributed by atoms with E-state index in [9.17, 15) is 0 Å². The number of hydrogen-bond acceptors (Lipinski definition) is 6. The monoisotopic (exact) mass is 787 g/mol. The molecule has 0 bridgehead atoms. The van der Waals surface area contributed by atoms with Crippen molar-refractivity contribution in [1.82, 2.24) is 0 Å². The minimum atomic E-state index is 0.660. The van der Waals surface area contributed by atoms with Crippen LogP contribution in [-0.4, -0.2) is 39.6 Å². The Kier molecular flexibility index (Phi) is 22.0. The van der Waals surface area contributed by atoms with Crippen molar-refractivity contribution in [3.63, 3.8) is 0 Å². The molecule has 0 aliphatic rings. The van der Waals surface area contributed by atoms with E-state index in [4.69, 9.17) is 28.4 Å². The maximum atomic E-state index is 6.61. The highest BCUT2D eigenvalue weighted by Gasteiger charge is 2.20. The molecule has 0 N–H and O–H groups in total. The Morgan fingerprint density at radius 1 is 0.228 bits per heavy atom. The van der Waals surface area contributed by atoms with Crippen LogP contribution in [0, 0.1) is 0 Å². The lowest BCUT2D eigenvalue weighted by Gasteiger charge is -2.21. The van der Waals surface area contributed by atoms with Crippen LogP contribution in [0.2, 0.25) is 0 Å². The third kappa shape index (κ3) is 14.7. The van der Waals surface area contributed by atoms with Gasteiger partial charge >= 0.3 is 0 Å². The predicted octanol–water partition coefficient (Wildman–Crippen LogP) is 15.7. The summed E-state index contributed by atoms with van der Waals surface area (Å²) in [6.45, 7) is 17.4. The fourth-order valence-electron chi connectivity index (χ4n) is 7.43. The van der Waals surface area contributed by atoms with Crippen molar-refractivity contribution in [2.24, 2.45) is 0 Å². The van der Waals surface area contributed by atoms with Crippen LogP contribution in [0.1, 0.15) is 176 Å². The lowest BCUT2D eigenvalue weighted by Crippen LogP contribution is -2.05. The SMILES string of the molecule is CCCCCCOc1cc2c(cc1OCCCCC)c1cc(OCCCCCC)c(OCCCCC)cc1c1cc(OCCCCCC)c(OCCCCC)cc21. The molecule has 0 aromatic heterocycles. The fraction of sp³-hybridized carbons (Fsp3) is 0.647. The fourth-order valence-corrected chi connectivity index (χ4v) is 7.43. The Morgan fingerprint density at radius 2 is 0.386 bits per heavy atom. The van der Waals surface area contributed by atoms with Crippen molar-refractivity contribution in [3.8, 4) is 34.5 Å². The highest BCUT2D eigenvalue weighted by Crippen LogP contribution is 2.47. The third-order valence-corrected chi connectivity index (χ3v) is 10.9. The molecule has 6 heteroatoms. The number of rotatable bonds is 33. The Morgan fingerprint density at radius 3 is 0.561 bits per heavy atom. The van der Waals surface area contributed by atoms with Crippen molar-refractivity contribution in [2.75, 3.05) is 39.6 Å². The second-order valence-corrected chi connectivity index (χ2v) is 15.9. The van der Waals surface area contributed by atoms with Crippen LogP contribution in [0.15, 0.2) is 36.4 Å². The molecule has 0 amide bonds. The number of benzene rings is 4. The zero-order valence-corrected chi connectivity index (χ0v) is 37.0. The number of unbranched alkanes of at least 4 members (excludes halogenated alkanes) is 15. The molecule has 6 nitrogen and oxygen atoms in total. The van der Waals surface area contributed by atoms with E-state index in [2.05, 4.69) is 77.9 Å². The van der Waals surface area contributed by atoms with Crippen molar-refractivity contribution < 1.29 is 28.4 Å². The summed E-state index contributed by atoms with van der Waals surface area (Å²) in [4.78, 5) is 0. The topological polar surface area (TPSA) is 55.4 Å². The zero-order valence-electron chi connectivity index (χ0n) is 37.0. The molecule has 0 fully saturated rings.